The first kappa shape index (κ1) is 16.7. The second kappa shape index (κ2) is 6.53. The second-order valence-electron chi connectivity index (χ2n) is 6.41. The molecule has 134 valence electrons. The Morgan fingerprint density at radius 2 is 1.81 bits per heavy atom. The summed E-state index contributed by atoms with van der Waals surface area (Å²) in [5.41, 5.74) is 7.17. The Kier molecular flexibility index (Phi) is 4.20. The summed E-state index contributed by atoms with van der Waals surface area (Å²) in [7, 11) is 0. The van der Waals surface area contributed by atoms with Gasteiger partial charge in [-0.1, -0.05) is 0 Å². The molecule has 1 aliphatic rings. The lowest BCUT2D eigenvalue weighted by Crippen LogP contribution is -2.47. The highest BCUT2D eigenvalue weighted by molar-refractivity contribution is 7.17. The first-order valence-electron chi connectivity index (χ1n) is 8.52. The molecule has 3 aromatic heterocycles. The van der Waals surface area contributed by atoms with Gasteiger partial charge in [-0.05, 0) is 36.9 Å². The second-order valence-corrected chi connectivity index (χ2v) is 7.26. The molecule has 0 bridgehead atoms. The third-order valence-electron chi connectivity index (χ3n) is 4.64. The maximum Gasteiger partial charge on any atom is 0.252 e. The van der Waals surface area contributed by atoms with Crippen LogP contribution in [0.25, 0.3) is 10.2 Å². The number of amides is 1. The molecular weight excluding hydrogens is 348 g/mol. The molecule has 0 spiro atoms. The fourth-order valence-electron chi connectivity index (χ4n) is 3.37. The minimum atomic E-state index is -0.447. The zero-order valence-electron chi connectivity index (χ0n) is 14.8. The lowest BCUT2D eigenvalue weighted by molar-refractivity contribution is 0.100. The van der Waals surface area contributed by atoms with E-state index in [0.29, 0.717) is 11.4 Å². The van der Waals surface area contributed by atoms with E-state index in [9.17, 15) is 4.79 Å². The number of nitrogens with zero attached hydrogens (tertiary/aromatic N) is 5. The van der Waals surface area contributed by atoms with Gasteiger partial charge in [0.25, 0.3) is 5.91 Å². The number of aryl methyl sites for hydroxylation is 2. The average Bonchev–Trinajstić information content (AvgIpc) is 3.02. The molecule has 7 nitrogen and oxygen atoms in total. The number of carbonyl (C=O) groups is 1. The van der Waals surface area contributed by atoms with Gasteiger partial charge in [-0.3, -0.25) is 4.79 Å². The summed E-state index contributed by atoms with van der Waals surface area (Å²) >= 11 is 1.66. The number of anilines is 2. The van der Waals surface area contributed by atoms with Gasteiger partial charge in [0.2, 0.25) is 0 Å². The number of fused-ring (bicyclic) bond motifs is 1. The molecule has 0 atom stereocenters. The van der Waals surface area contributed by atoms with Crippen LogP contribution in [-0.4, -0.2) is 47.0 Å². The van der Waals surface area contributed by atoms with Crippen LogP contribution in [0.2, 0.25) is 0 Å². The highest BCUT2D eigenvalue weighted by Gasteiger charge is 2.24. The molecule has 1 aliphatic heterocycles. The largest absolute Gasteiger partial charge is 0.365 e. The molecule has 4 rings (SSSR count). The van der Waals surface area contributed by atoms with Gasteiger partial charge < -0.3 is 15.5 Å². The topological polar surface area (TPSA) is 88.2 Å². The van der Waals surface area contributed by atoms with E-state index in [1.807, 2.05) is 6.92 Å². The molecule has 0 aliphatic carbocycles. The number of piperazine rings is 1. The minimum absolute atomic E-state index is 0.447. The lowest BCUT2D eigenvalue weighted by Gasteiger charge is -2.36. The number of hydrogen-bond acceptors (Lipinski definition) is 7. The number of nitrogens with two attached hydrogens (primary N) is 1. The molecule has 26 heavy (non-hydrogen) atoms. The fourth-order valence-corrected chi connectivity index (χ4v) is 4.33. The van der Waals surface area contributed by atoms with E-state index in [4.69, 9.17) is 10.7 Å². The predicted octanol–water partition coefficient (Wildman–Crippen LogP) is 2.13. The summed E-state index contributed by atoms with van der Waals surface area (Å²) in [5, 5.41) is 3.27. The number of thiophene rings is 1. The van der Waals surface area contributed by atoms with Gasteiger partial charge in [0.15, 0.2) is 0 Å². The van der Waals surface area contributed by atoms with E-state index >= 15 is 0 Å². The van der Waals surface area contributed by atoms with Crippen LogP contribution >= 0.6 is 11.3 Å². The van der Waals surface area contributed by atoms with Gasteiger partial charge in [0.1, 0.15) is 22.3 Å². The molecule has 1 fully saturated rings. The Morgan fingerprint density at radius 3 is 2.50 bits per heavy atom. The third-order valence-corrected chi connectivity index (χ3v) is 5.63. The van der Waals surface area contributed by atoms with Crippen molar-refractivity contribution in [2.24, 2.45) is 5.73 Å². The fraction of sp³-hybridized carbons (Fsp3) is 0.333. The summed E-state index contributed by atoms with van der Waals surface area (Å²) in [4.78, 5) is 30.8. The van der Waals surface area contributed by atoms with Crippen molar-refractivity contribution >= 4 is 39.1 Å². The monoisotopic (exact) mass is 368 g/mol. The number of primary amides is 1. The quantitative estimate of drug-likeness (QED) is 0.762. The summed E-state index contributed by atoms with van der Waals surface area (Å²) in [6.45, 7) is 7.15. The zero-order chi connectivity index (χ0) is 18.3. The predicted molar refractivity (Wildman–Crippen MR) is 104 cm³/mol. The summed E-state index contributed by atoms with van der Waals surface area (Å²) in [6.07, 6.45) is 1.69. The average molecular weight is 368 g/mol. The van der Waals surface area contributed by atoms with Crippen LogP contribution in [-0.2, 0) is 0 Å². The van der Waals surface area contributed by atoms with Crippen LogP contribution in [0.4, 0.5) is 11.6 Å². The highest BCUT2D eigenvalue weighted by atomic mass is 32.1. The molecule has 3 aromatic rings. The zero-order valence-corrected chi connectivity index (χ0v) is 15.6. The van der Waals surface area contributed by atoms with Crippen LogP contribution in [0.1, 0.15) is 21.7 Å². The van der Waals surface area contributed by atoms with Crippen LogP contribution < -0.4 is 15.5 Å². The maximum atomic E-state index is 11.7. The maximum absolute atomic E-state index is 11.7. The molecule has 0 saturated carbocycles. The van der Waals surface area contributed by atoms with Crippen molar-refractivity contribution in [2.45, 2.75) is 13.8 Å². The van der Waals surface area contributed by atoms with Crippen molar-refractivity contribution in [1.82, 2.24) is 15.0 Å². The molecule has 0 aromatic carbocycles. The SMILES string of the molecule is Cc1nc(N2CCN(c3ncccc3C(N)=O)CC2)c2c(C)csc2n1. The van der Waals surface area contributed by atoms with Gasteiger partial charge in [0, 0.05) is 32.4 Å². The van der Waals surface area contributed by atoms with Gasteiger partial charge >= 0.3 is 0 Å². The normalized spacial score (nSPS) is 14.8. The molecule has 0 radical (unpaired) electrons. The van der Waals surface area contributed by atoms with Gasteiger partial charge in [0.05, 0.1) is 10.9 Å². The van der Waals surface area contributed by atoms with Crippen LogP contribution in [0.5, 0.6) is 0 Å². The standard InChI is InChI=1S/C18H20N6OS/c1-11-10-26-18-14(11)17(21-12(2)22-18)24-8-6-23(7-9-24)16-13(15(19)25)4-3-5-20-16/h3-5,10H,6-9H2,1-2H3,(H2,19,25). The van der Waals surface area contributed by atoms with Gasteiger partial charge in [-0.25, -0.2) is 15.0 Å². The number of carbonyl (C=O) groups excluding carboxylic acids is 1. The van der Waals surface area contributed by atoms with E-state index in [1.165, 1.54) is 5.56 Å². The van der Waals surface area contributed by atoms with Crippen molar-refractivity contribution in [3.63, 3.8) is 0 Å². The number of aromatic nitrogens is 3. The van der Waals surface area contributed by atoms with Crippen LogP contribution in [0.15, 0.2) is 23.7 Å². The first-order chi connectivity index (χ1) is 12.5. The van der Waals surface area contributed by atoms with E-state index in [-0.39, 0.29) is 0 Å². The van der Waals surface area contributed by atoms with Crippen molar-refractivity contribution in [3.05, 3.63) is 40.7 Å². The molecule has 0 unspecified atom stereocenters. The Morgan fingerprint density at radius 1 is 1.12 bits per heavy atom. The molecule has 4 heterocycles. The molecule has 8 heteroatoms. The first-order valence-corrected chi connectivity index (χ1v) is 9.39. The van der Waals surface area contributed by atoms with Crippen LogP contribution in [0.3, 0.4) is 0 Å². The summed E-state index contributed by atoms with van der Waals surface area (Å²) in [6, 6.07) is 3.46. The number of pyridine rings is 1. The Labute approximate surface area is 155 Å². The smallest absolute Gasteiger partial charge is 0.252 e. The Hall–Kier alpha value is -2.74. The summed E-state index contributed by atoms with van der Waals surface area (Å²) in [5.74, 6) is 2.01. The van der Waals surface area contributed by atoms with Gasteiger partial charge in [-0.15, -0.1) is 11.3 Å². The highest BCUT2D eigenvalue weighted by Crippen LogP contribution is 2.32. The van der Waals surface area contributed by atoms with Crippen molar-refractivity contribution < 1.29 is 4.79 Å². The minimum Gasteiger partial charge on any atom is -0.365 e. The van der Waals surface area contributed by atoms with E-state index in [0.717, 1.165) is 48.0 Å². The van der Waals surface area contributed by atoms with Crippen molar-refractivity contribution in [2.75, 3.05) is 36.0 Å². The molecule has 2 N–H and O–H groups in total. The lowest BCUT2D eigenvalue weighted by atomic mass is 10.2. The number of hydrogen-bond donors (Lipinski definition) is 1. The van der Waals surface area contributed by atoms with E-state index < -0.39 is 5.91 Å². The Balaban J connectivity index is 1.60. The summed E-state index contributed by atoms with van der Waals surface area (Å²) < 4.78 is 0. The van der Waals surface area contributed by atoms with Crippen molar-refractivity contribution in [1.29, 1.82) is 0 Å². The number of rotatable bonds is 3. The Bertz CT molecular complexity index is 977. The van der Waals surface area contributed by atoms with E-state index in [1.54, 1.807) is 29.7 Å². The van der Waals surface area contributed by atoms with Crippen LogP contribution in [0, 0.1) is 13.8 Å². The van der Waals surface area contributed by atoms with Gasteiger partial charge in [-0.2, -0.15) is 0 Å². The molecular formula is C18H20N6OS. The van der Waals surface area contributed by atoms with Crippen molar-refractivity contribution in [3.8, 4) is 0 Å². The third kappa shape index (κ3) is 2.86. The molecule has 1 saturated heterocycles. The molecule has 1 amide bonds. The van der Waals surface area contributed by atoms with E-state index in [2.05, 4.69) is 32.1 Å².